The van der Waals surface area contributed by atoms with Crippen LogP contribution in [0.25, 0.3) is 0 Å². The summed E-state index contributed by atoms with van der Waals surface area (Å²) in [5, 5.41) is -5.09. The van der Waals surface area contributed by atoms with Crippen molar-refractivity contribution < 1.29 is 64.6 Å². The maximum atomic E-state index is 14.0. The molecule has 7 atom stereocenters. The first kappa shape index (κ1) is 42.5. The van der Waals surface area contributed by atoms with Gasteiger partial charge in [-0.05, 0) is 87.4 Å². The van der Waals surface area contributed by atoms with Crippen LogP contribution in [0.3, 0.4) is 0 Å². The minimum Gasteiger partial charge on any atom is -0.464 e. The van der Waals surface area contributed by atoms with Gasteiger partial charge in [-0.3, -0.25) is 9.35 Å². The highest BCUT2D eigenvalue weighted by molar-refractivity contribution is 7.87. The van der Waals surface area contributed by atoms with E-state index in [4.69, 9.17) is 23.5 Å². The minimum atomic E-state index is -6.00. The Morgan fingerprint density at radius 3 is 2.15 bits per heavy atom. The predicted molar refractivity (Wildman–Crippen MR) is 193 cm³/mol. The van der Waals surface area contributed by atoms with Crippen LogP contribution in [0, 0.1) is 51.8 Å². The lowest BCUT2D eigenvalue weighted by molar-refractivity contribution is -0.271. The largest absolute Gasteiger partial charge is 0.465 e. The first-order valence-corrected chi connectivity index (χ1v) is 22.0. The van der Waals surface area contributed by atoms with Gasteiger partial charge in [0, 0.05) is 17.8 Å². The molecule has 0 aromatic heterocycles. The van der Waals surface area contributed by atoms with E-state index >= 15 is 0 Å². The molecule has 55 heavy (non-hydrogen) atoms. The van der Waals surface area contributed by atoms with E-state index in [9.17, 15) is 36.4 Å². The summed E-state index contributed by atoms with van der Waals surface area (Å²) in [4.78, 5) is 49.6. The zero-order valence-electron chi connectivity index (χ0n) is 32.0. The molecule has 0 spiro atoms. The minimum absolute atomic E-state index is 0.0172. The summed E-state index contributed by atoms with van der Waals surface area (Å²) in [7, 11) is -6.00. The SMILES string of the molecule is O=CC1CC2CCCC(COCC3(COC(=O)C45CCCC(CC(C=O)C4)C5)COC(C(CCOC(=O)C(F)(F)S(=O)(=O)O)CC4CCCCC4)OC3)(C1)C2. The molecule has 0 radical (unpaired) electrons. The smallest absolute Gasteiger partial charge is 0.464 e. The molecule has 7 unspecified atom stereocenters. The first-order valence-electron chi connectivity index (χ1n) is 20.6. The van der Waals surface area contributed by atoms with Crippen LogP contribution in [-0.4, -0.2) is 88.7 Å². The van der Waals surface area contributed by atoms with Crippen LogP contribution in [0.5, 0.6) is 0 Å². The highest BCUT2D eigenvalue weighted by atomic mass is 32.2. The number of fused-ring (bicyclic) bond motifs is 4. The molecule has 1 heterocycles. The Kier molecular flexibility index (Phi) is 13.8. The summed E-state index contributed by atoms with van der Waals surface area (Å²) in [5.74, 6) is -2.08. The van der Waals surface area contributed by atoms with Gasteiger partial charge in [0.15, 0.2) is 6.29 Å². The molecule has 0 aromatic carbocycles. The molecule has 1 aliphatic heterocycles. The zero-order valence-corrected chi connectivity index (χ0v) is 32.8. The molecule has 1 N–H and O–H groups in total. The van der Waals surface area contributed by atoms with Gasteiger partial charge in [0.25, 0.3) is 0 Å². The second kappa shape index (κ2) is 17.8. The van der Waals surface area contributed by atoms with Gasteiger partial charge in [-0.2, -0.15) is 17.2 Å². The van der Waals surface area contributed by atoms with E-state index in [1.807, 2.05) is 0 Å². The Morgan fingerprint density at radius 1 is 0.818 bits per heavy atom. The Morgan fingerprint density at radius 2 is 1.47 bits per heavy atom. The number of hydrogen-bond donors (Lipinski definition) is 1. The molecule has 0 amide bonds. The van der Waals surface area contributed by atoms with Crippen LogP contribution in [0.2, 0.25) is 0 Å². The number of halogens is 2. The fraction of sp³-hybridized carbons (Fsp3) is 0.900. The molecule has 5 aliphatic carbocycles. The van der Waals surface area contributed by atoms with Gasteiger partial charge in [0.2, 0.25) is 0 Å². The second-order valence-corrected chi connectivity index (χ2v) is 19.8. The van der Waals surface area contributed by atoms with Gasteiger partial charge in [-0.1, -0.05) is 57.8 Å². The summed E-state index contributed by atoms with van der Waals surface area (Å²) in [6.45, 7) is 0.278. The number of aldehydes is 2. The fourth-order valence-electron chi connectivity index (χ4n) is 11.2. The number of esters is 2. The fourth-order valence-corrected chi connectivity index (χ4v) is 11.5. The first-order chi connectivity index (χ1) is 26.2. The third-order valence-electron chi connectivity index (χ3n) is 13.9. The summed E-state index contributed by atoms with van der Waals surface area (Å²) in [5.41, 5.74) is -1.68. The maximum Gasteiger partial charge on any atom is 0.465 e. The lowest BCUT2D eigenvalue weighted by Crippen LogP contribution is -2.52. The Balaban J connectivity index is 1.14. The van der Waals surface area contributed by atoms with Gasteiger partial charge in [-0.25, -0.2) is 4.79 Å². The van der Waals surface area contributed by atoms with Gasteiger partial charge >= 0.3 is 27.3 Å². The highest BCUT2D eigenvalue weighted by Crippen LogP contribution is 2.53. The van der Waals surface area contributed by atoms with Gasteiger partial charge in [0.1, 0.15) is 19.2 Å². The second-order valence-electron chi connectivity index (χ2n) is 18.4. The van der Waals surface area contributed by atoms with Crippen molar-refractivity contribution in [3.63, 3.8) is 0 Å². The van der Waals surface area contributed by atoms with Crippen LogP contribution in [0.1, 0.15) is 122 Å². The van der Waals surface area contributed by atoms with Crippen LogP contribution in [-0.2, 0) is 53.0 Å². The van der Waals surface area contributed by atoms with E-state index in [0.29, 0.717) is 50.0 Å². The van der Waals surface area contributed by atoms with Crippen molar-refractivity contribution in [3.8, 4) is 0 Å². The standard InChI is InChI=1S/C40H60F2O12S/c41-40(42,55(47,48)49)36(46)51-13-10-33(16-28-6-2-1-3-7-28)34-52-25-38(26-53-34,24-50-23-37-11-4-8-29(17-37)14-31(18-37)21-43)27-54-35(45)39-12-5-9-30(19-39)15-32(20-39)22-44/h21-22,28-34H,1-20,23-27H2,(H,47,48,49). The maximum absolute atomic E-state index is 14.0. The molecule has 6 rings (SSSR count). The van der Waals surface area contributed by atoms with Crippen LogP contribution < -0.4 is 0 Å². The lowest BCUT2D eigenvalue weighted by Gasteiger charge is -2.48. The number of carbonyl (C=O) groups excluding carboxylic acids is 4. The van der Waals surface area contributed by atoms with Crippen molar-refractivity contribution in [2.75, 3.05) is 39.6 Å². The van der Waals surface area contributed by atoms with Crippen molar-refractivity contribution in [3.05, 3.63) is 0 Å². The molecule has 5 saturated carbocycles. The Bertz CT molecular complexity index is 1460. The van der Waals surface area contributed by atoms with E-state index < -0.39 is 51.0 Å². The molecule has 6 aliphatic rings. The van der Waals surface area contributed by atoms with E-state index in [0.717, 1.165) is 102 Å². The van der Waals surface area contributed by atoms with E-state index in [1.54, 1.807) is 0 Å². The Hall–Kier alpha value is -2.07. The van der Waals surface area contributed by atoms with Gasteiger partial charge in [0.05, 0.1) is 43.9 Å². The van der Waals surface area contributed by atoms with Crippen molar-refractivity contribution in [1.29, 1.82) is 0 Å². The van der Waals surface area contributed by atoms with Crippen molar-refractivity contribution in [1.82, 2.24) is 0 Å². The molecule has 1 saturated heterocycles. The van der Waals surface area contributed by atoms with Crippen LogP contribution >= 0.6 is 0 Å². The molecule has 12 nitrogen and oxygen atoms in total. The van der Waals surface area contributed by atoms with Crippen molar-refractivity contribution in [2.45, 2.75) is 134 Å². The van der Waals surface area contributed by atoms with E-state index in [-0.39, 0.29) is 56.1 Å². The van der Waals surface area contributed by atoms with Crippen molar-refractivity contribution in [2.24, 2.45) is 51.8 Å². The van der Waals surface area contributed by atoms with Crippen molar-refractivity contribution >= 4 is 34.6 Å². The average molecular weight is 803 g/mol. The third-order valence-corrected chi connectivity index (χ3v) is 14.7. The molecular formula is C40H60F2O12S. The number of rotatable bonds is 17. The summed E-state index contributed by atoms with van der Waals surface area (Å²) in [6, 6.07) is 0. The normalized spacial score (nSPS) is 36.3. The van der Waals surface area contributed by atoms with Crippen LogP contribution in [0.4, 0.5) is 8.78 Å². The third kappa shape index (κ3) is 10.2. The summed E-state index contributed by atoms with van der Waals surface area (Å²) < 4.78 is 89.0. The predicted octanol–water partition coefficient (Wildman–Crippen LogP) is 6.48. The molecule has 4 bridgehead atoms. The molecule has 312 valence electrons. The lowest BCUT2D eigenvalue weighted by atomic mass is 9.59. The topological polar surface area (TPSA) is 169 Å². The number of ether oxygens (including phenoxy) is 5. The average Bonchev–Trinajstić information content (AvgIpc) is 3.16. The molecule has 0 aromatic rings. The number of carbonyl (C=O) groups is 4. The van der Waals surface area contributed by atoms with E-state index in [1.165, 1.54) is 0 Å². The highest BCUT2D eigenvalue weighted by Gasteiger charge is 2.55. The quantitative estimate of drug-likeness (QED) is 0.0968. The molecule has 15 heteroatoms. The summed E-state index contributed by atoms with van der Waals surface area (Å²) in [6.07, 6.45) is 17.6. The zero-order chi connectivity index (χ0) is 39.3. The number of hydrogen-bond acceptors (Lipinski definition) is 11. The molecule has 6 fully saturated rings. The van der Waals surface area contributed by atoms with E-state index in [2.05, 4.69) is 4.74 Å². The monoisotopic (exact) mass is 802 g/mol. The number of alkyl halides is 2. The summed E-state index contributed by atoms with van der Waals surface area (Å²) >= 11 is 0. The molecular weight excluding hydrogens is 742 g/mol. The van der Waals surface area contributed by atoms with Gasteiger partial charge < -0.3 is 33.3 Å². The Labute approximate surface area is 323 Å². The van der Waals surface area contributed by atoms with Gasteiger partial charge in [-0.15, -0.1) is 0 Å². The van der Waals surface area contributed by atoms with Crippen LogP contribution in [0.15, 0.2) is 0 Å².